The van der Waals surface area contributed by atoms with Gasteiger partial charge in [0.05, 0.1) is 18.6 Å². The molecule has 0 saturated heterocycles. The van der Waals surface area contributed by atoms with Gasteiger partial charge in [0, 0.05) is 5.02 Å². The molecule has 25 heavy (non-hydrogen) atoms. The number of furan rings is 1. The molecule has 0 radical (unpaired) electrons. The summed E-state index contributed by atoms with van der Waals surface area (Å²) in [6.07, 6.45) is 1.57. The minimum Gasteiger partial charge on any atom is -0.465 e. The zero-order valence-electron chi connectivity index (χ0n) is 13.7. The highest BCUT2D eigenvalue weighted by molar-refractivity contribution is 8.00. The Kier molecular flexibility index (Phi) is 5.45. The summed E-state index contributed by atoms with van der Waals surface area (Å²) in [5, 5.41) is 9.17. The van der Waals surface area contributed by atoms with Crippen molar-refractivity contribution in [1.29, 1.82) is 0 Å². The number of hydrogen-bond acceptors (Lipinski definition) is 6. The van der Waals surface area contributed by atoms with Crippen LogP contribution in [0.1, 0.15) is 13.8 Å². The molecule has 8 heteroatoms. The molecule has 1 unspecified atom stereocenters. The van der Waals surface area contributed by atoms with Crippen LogP contribution < -0.4 is 0 Å². The molecule has 0 N–H and O–H groups in total. The molecule has 2 aromatic heterocycles. The van der Waals surface area contributed by atoms with Gasteiger partial charge < -0.3 is 9.15 Å². The second-order valence-electron chi connectivity index (χ2n) is 5.11. The average molecular weight is 378 g/mol. The highest BCUT2D eigenvalue weighted by Crippen LogP contribution is 2.31. The fourth-order valence-electron chi connectivity index (χ4n) is 2.23. The lowest BCUT2D eigenvalue weighted by molar-refractivity contribution is -0.142. The van der Waals surface area contributed by atoms with Gasteiger partial charge in [-0.1, -0.05) is 29.4 Å². The molecule has 3 aromatic rings. The van der Waals surface area contributed by atoms with E-state index in [0.29, 0.717) is 28.4 Å². The van der Waals surface area contributed by atoms with Crippen LogP contribution in [0.25, 0.3) is 17.3 Å². The van der Waals surface area contributed by atoms with Crippen molar-refractivity contribution in [2.24, 2.45) is 0 Å². The Morgan fingerprint density at radius 1 is 1.36 bits per heavy atom. The summed E-state index contributed by atoms with van der Waals surface area (Å²) in [7, 11) is 0. The van der Waals surface area contributed by atoms with E-state index in [2.05, 4.69) is 10.2 Å². The number of halogens is 1. The summed E-state index contributed by atoms with van der Waals surface area (Å²) in [5.74, 6) is 0.807. The number of carbonyl (C=O) groups is 1. The average Bonchev–Trinajstić information content (AvgIpc) is 3.24. The van der Waals surface area contributed by atoms with Gasteiger partial charge in [-0.2, -0.15) is 0 Å². The highest BCUT2D eigenvalue weighted by Gasteiger charge is 2.23. The van der Waals surface area contributed by atoms with Gasteiger partial charge in [-0.3, -0.25) is 9.36 Å². The summed E-state index contributed by atoms with van der Waals surface area (Å²) in [6, 6.07) is 10.9. The standard InChI is InChI=1S/C17H16ClN3O3S/c1-3-23-16(22)11(2)25-17-20-19-15(14-8-5-9-24-14)21(17)13-7-4-6-12(18)10-13/h4-11H,3H2,1-2H3. The zero-order valence-corrected chi connectivity index (χ0v) is 15.3. The number of benzene rings is 1. The van der Waals surface area contributed by atoms with Gasteiger partial charge in [0.25, 0.3) is 0 Å². The zero-order chi connectivity index (χ0) is 17.8. The molecule has 6 nitrogen and oxygen atoms in total. The van der Waals surface area contributed by atoms with Crippen molar-refractivity contribution in [2.75, 3.05) is 6.61 Å². The first-order chi connectivity index (χ1) is 12.1. The van der Waals surface area contributed by atoms with E-state index in [1.165, 1.54) is 11.8 Å². The topological polar surface area (TPSA) is 70.2 Å². The van der Waals surface area contributed by atoms with Gasteiger partial charge in [-0.25, -0.2) is 0 Å². The molecule has 0 saturated carbocycles. The van der Waals surface area contributed by atoms with E-state index < -0.39 is 5.25 Å². The molecule has 1 aromatic carbocycles. The Bertz CT molecular complexity index is 864. The van der Waals surface area contributed by atoms with Gasteiger partial charge >= 0.3 is 5.97 Å². The van der Waals surface area contributed by atoms with Crippen molar-refractivity contribution in [3.05, 3.63) is 47.7 Å². The number of aromatic nitrogens is 3. The molecular formula is C17H16ClN3O3S. The number of esters is 1. The van der Waals surface area contributed by atoms with Crippen molar-refractivity contribution >= 4 is 29.3 Å². The van der Waals surface area contributed by atoms with Crippen LogP contribution >= 0.6 is 23.4 Å². The molecule has 130 valence electrons. The number of carbonyl (C=O) groups excluding carboxylic acids is 1. The number of thioether (sulfide) groups is 1. The van der Waals surface area contributed by atoms with Crippen molar-refractivity contribution < 1.29 is 13.9 Å². The lowest BCUT2D eigenvalue weighted by Crippen LogP contribution is -2.17. The van der Waals surface area contributed by atoms with Crippen LogP contribution in [-0.2, 0) is 9.53 Å². The van der Waals surface area contributed by atoms with Crippen LogP contribution in [0.15, 0.2) is 52.2 Å². The van der Waals surface area contributed by atoms with Crippen LogP contribution in [0, 0.1) is 0 Å². The molecule has 0 amide bonds. The van der Waals surface area contributed by atoms with Crippen LogP contribution in [0.2, 0.25) is 5.02 Å². The fraction of sp³-hybridized carbons (Fsp3) is 0.235. The Morgan fingerprint density at radius 2 is 2.20 bits per heavy atom. The molecule has 0 spiro atoms. The summed E-state index contributed by atoms with van der Waals surface area (Å²) < 4.78 is 12.3. The van der Waals surface area contributed by atoms with Gasteiger partial charge in [0.15, 0.2) is 10.9 Å². The maximum atomic E-state index is 11.9. The van der Waals surface area contributed by atoms with Crippen LogP contribution in [-0.4, -0.2) is 32.6 Å². The highest BCUT2D eigenvalue weighted by atomic mass is 35.5. The Morgan fingerprint density at radius 3 is 2.88 bits per heavy atom. The van der Waals surface area contributed by atoms with Gasteiger partial charge in [0.1, 0.15) is 5.25 Å². The summed E-state index contributed by atoms with van der Waals surface area (Å²) >= 11 is 7.40. The Labute approximate surface area is 154 Å². The number of nitrogens with zero attached hydrogens (tertiary/aromatic N) is 3. The first-order valence-corrected chi connectivity index (χ1v) is 8.94. The summed E-state index contributed by atoms with van der Waals surface area (Å²) in [4.78, 5) is 11.9. The van der Waals surface area contributed by atoms with Crippen molar-refractivity contribution in [3.8, 4) is 17.3 Å². The predicted octanol–water partition coefficient (Wildman–Crippen LogP) is 4.22. The number of ether oxygens (including phenoxy) is 1. The summed E-state index contributed by atoms with van der Waals surface area (Å²) in [6.45, 7) is 3.88. The Balaban J connectivity index is 2.03. The smallest absolute Gasteiger partial charge is 0.319 e. The minimum absolute atomic E-state index is 0.298. The van der Waals surface area contributed by atoms with Crippen LogP contribution in [0.4, 0.5) is 0 Å². The Hall–Kier alpha value is -2.25. The van der Waals surface area contributed by atoms with Gasteiger partial charge in [-0.05, 0) is 44.2 Å². The lowest BCUT2D eigenvalue weighted by Gasteiger charge is -2.12. The van der Waals surface area contributed by atoms with Crippen LogP contribution in [0.5, 0.6) is 0 Å². The molecule has 0 aliphatic heterocycles. The first kappa shape index (κ1) is 17.6. The third-order valence-electron chi connectivity index (χ3n) is 3.34. The molecule has 2 heterocycles. The quantitative estimate of drug-likeness (QED) is 0.473. The monoisotopic (exact) mass is 377 g/mol. The third kappa shape index (κ3) is 3.88. The molecule has 0 aliphatic rings. The van der Waals surface area contributed by atoms with E-state index in [4.69, 9.17) is 20.8 Å². The van der Waals surface area contributed by atoms with E-state index in [1.807, 2.05) is 16.7 Å². The minimum atomic E-state index is -0.425. The van der Waals surface area contributed by atoms with E-state index in [1.54, 1.807) is 44.4 Å². The van der Waals surface area contributed by atoms with E-state index in [-0.39, 0.29) is 5.97 Å². The van der Waals surface area contributed by atoms with Crippen molar-refractivity contribution in [1.82, 2.24) is 14.8 Å². The van der Waals surface area contributed by atoms with Crippen LogP contribution in [0.3, 0.4) is 0 Å². The molecule has 0 aliphatic carbocycles. The van der Waals surface area contributed by atoms with E-state index >= 15 is 0 Å². The predicted molar refractivity (Wildman–Crippen MR) is 96.0 cm³/mol. The maximum absolute atomic E-state index is 11.9. The molecule has 0 fully saturated rings. The third-order valence-corrected chi connectivity index (χ3v) is 4.60. The SMILES string of the molecule is CCOC(=O)C(C)Sc1nnc(-c2ccco2)n1-c1cccc(Cl)c1. The molecule has 1 atom stereocenters. The molecule has 3 rings (SSSR count). The number of hydrogen-bond donors (Lipinski definition) is 0. The largest absolute Gasteiger partial charge is 0.465 e. The van der Waals surface area contributed by atoms with Crippen molar-refractivity contribution in [3.63, 3.8) is 0 Å². The summed E-state index contributed by atoms with van der Waals surface area (Å²) in [5.41, 5.74) is 0.780. The van der Waals surface area contributed by atoms with Gasteiger partial charge in [0.2, 0.25) is 5.82 Å². The van der Waals surface area contributed by atoms with E-state index in [9.17, 15) is 4.79 Å². The van der Waals surface area contributed by atoms with Gasteiger partial charge in [-0.15, -0.1) is 10.2 Å². The van der Waals surface area contributed by atoms with Crippen molar-refractivity contribution in [2.45, 2.75) is 24.3 Å². The maximum Gasteiger partial charge on any atom is 0.319 e. The molecule has 0 bridgehead atoms. The molecular weight excluding hydrogens is 362 g/mol. The second kappa shape index (κ2) is 7.76. The lowest BCUT2D eigenvalue weighted by atomic mass is 10.3. The number of rotatable bonds is 6. The second-order valence-corrected chi connectivity index (χ2v) is 6.86. The first-order valence-electron chi connectivity index (χ1n) is 7.68. The van der Waals surface area contributed by atoms with E-state index in [0.717, 1.165) is 5.69 Å². The normalized spacial score (nSPS) is 12.1. The fourth-order valence-corrected chi connectivity index (χ4v) is 3.28.